The van der Waals surface area contributed by atoms with Gasteiger partial charge in [-0.3, -0.25) is 14.7 Å². The summed E-state index contributed by atoms with van der Waals surface area (Å²) >= 11 is 10.5. The van der Waals surface area contributed by atoms with Crippen molar-refractivity contribution < 1.29 is 4.79 Å². The molecule has 2 aromatic rings. The van der Waals surface area contributed by atoms with Gasteiger partial charge in [0.2, 0.25) is 5.91 Å². The van der Waals surface area contributed by atoms with E-state index in [1.165, 1.54) is 0 Å². The van der Waals surface area contributed by atoms with Gasteiger partial charge in [0.15, 0.2) is 0 Å². The second-order valence-corrected chi connectivity index (χ2v) is 8.69. The summed E-state index contributed by atoms with van der Waals surface area (Å²) in [7, 11) is 0. The third-order valence-corrected chi connectivity index (χ3v) is 6.64. The molecule has 2 aliphatic rings. The largest absolute Gasteiger partial charge is 0.339 e. The van der Waals surface area contributed by atoms with E-state index in [0.29, 0.717) is 23.9 Å². The number of fused-ring (bicyclic) bond motifs is 2. The van der Waals surface area contributed by atoms with E-state index >= 15 is 0 Å². The second-order valence-electron chi connectivity index (χ2n) is 7.89. The molecule has 154 valence electrons. The first-order chi connectivity index (χ1) is 14.1. The number of aryl methyl sites for hydroxylation is 2. The number of amides is 1. The fraction of sp³-hybridized carbons (Fsp3) is 0.455. The first kappa shape index (κ1) is 20.7. The molecule has 0 bridgehead atoms. The van der Waals surface area contributed by atoms with Gasteiger partial charge in [0.25, 0.3) is 0 Å². The SMILES string of the molecule is N[C@@H](CS)CN1CCN(C(=O)C2c3ccc(Cl)cc3CCc3cccnc32)CC1. The van der Waals surface area contributed by atoms with Crippen LogP contribution in [0.5, 0.6) is 0 Å². The third-order valence-electron chi connectivity index (χ3n) is 5.94. The summed E-state index contributed by atoms with van der Waals surface area (Å²) in [6.45, 7) is 3.91. The topological polar surface area (TPSA) is 62.5 Å². The summed E-state index contributed by atoms with van der Waals surface area (Å²) in [5, 5.41) is 0.711. The number of nitrogens with zero attached hydrogens (tertiary/aromatic N) is 3. The quantitative estimate of drug-likeness (QED) is 0.731. The number of hydrogen-bond acceptors (Lipinski definition) is 5. The molecule has 2 heterocycles. The van der Waals surface area contributed by atoms with E-state index < -0.39 is 0 Å². The molecule has 1 saturated heterocycles. The number of hydrogen-bond donors (Lipinski definition) is 2. The summed E-state index contributed by atoms with van der Waals surface area (Å²) in [6, 6.07) is 9.99. The maximum atomic E-state index is 13.7. The molecule has 1 aromatic heterocycles. The molecule has 4 rings (SSSR count). The predicted octanol–water partition coefficient (Wildman–Crippen LogP) is 2.37. The number of carbonyl (C=O) groups excluding carboxylic acids is 1. The van der Waals surface area contributed by atoms with Gasteiger partial charge in [0, 0.05) is 55.7 Å². The van der Waals surface area contributed by atoms with Crippen molar-refractivity contribution >= 4 is 30.1 Å². The zero-order chi connectivity index (χ0) is 20.4. The number of aromatic nitrogens is 1. The molecule has 29 heavy (non-hydrogen) atoms. The van der Waals surface area contributed by atoms with Gasteiger partial charge in [0.05, 0.1) is 5.69 Å². The molecule has 1 aromatic carbocycles. The van der Waals surface area contributed by atoms with E-state index in [1.54, 1.807) is 6.20 Å². The Hall–Kier alpha value is -1.60. The van der Waals surface area contributed by atoms with Crippen molar-refractivity contribution in [2.75, 3.05) is 38.5 Å². The van der Waals surface area contributed by atoms with Crippen molar-refractivity contribution in [2.24, 2.45) is 5.73 Å². The van der Waals surface area contributed by atoms with Gasteiger partial charge in [-0.25, -0.2) is 0 Å². The smallest absolute Gasteiger partial charge is 0.236 e. The van der Waals surface area contributed by atoms with Crippen molar-refractivity contribution in [1.82, 2.24) is 14.8 Å². The highest BCUT2D eigenvalue weighted by atomic mass is 35.5. The molecule has 5 nitrogen and oxygen atoms in total. The number of piperazine rings is 1. The number of thiol groups is 1. The average molecular weight is 431 g/mol. The monoisotopic (exact) mass is 430 g/mol. The Morgan fingerprint density at radius 3 is 2.72 bits per heavy atom. The third kappa shape index (κ3) is 4.45. The Kier molecular flexibility index (Phi) is 6.44. The van der Waals surface area contributed by atoms with Gasteiger partial charge in [-0.1, -0.05) is 23.7 Å². The zero-order valence-corrected chi connectivity index (χ0v) is 18.1. The predicted molar refractivity (Wildman–Crippen MR) is 120 cm³/mol. The average Bonchev–Trinajstić information content (AvgIpc) is 2.90. The van der Waals surface area contributed by atoms with Crippen LogP contribution in [-0.2, 0) is 17.6 Å². The van der Waals surface area contributed by atoms with E-state index in [1.807, 2.05) is 29.2 Å². The van der Waals surface area contributed by atoms with Crippen LogP contribution in [-0.4, -0.2) is 65.2 Å². The molecular formula is C22H27ClN4OS. The highest BCUT2D eigenvalue weighted by molar-refractivity contribution is 7.80. The lowest BCUT2D eigenvalue weighted by atomic mass is 9.90. The van der Waals surface area contributed by atoms with Crippen molar-refractivity contribution in [3.05, 3.63) is 63.9 Å². The summed E-state index contributed by atoms with van der Waals surface area (Å²) in [5.74, 6) is 0.434. The lowest BCUT2D eigenvalue weighted by Gasteiger charge is -2.37. The minimum atomic E-state index is -0.368. The molecule has 2 N–H and O–H groups in total. The lowest BCUT2D eigenvalue weighted by molar-refractivity contribution is -0.133. The summed E-state index contributed by atoms with van der Waals surface area (Å²) in [6.07, 6.45) is 3.53. The van der Waals surface area contributed by atoms with Crippen LogP contribution in [0, 0.1) is 0 Å². The molecular weight excluding hydrogens is 404 g/mol. The van der Waals surface area contributed by atoms with Gasteiger partial charge in [-0.2, -0.15) is 12.6 Å². The van der Waals surface area contributed by atoms with E-state index in [9.17, 15) is 4.79 Å². The molecule has 0 radical (unpaired) electrons. The Labute approximate surface area is 182 Å². The van der Waals surface area contributed by atoms with E-state index in [0.717, 1.165) is 54.9 Å². The number of benzene rings is 1. The molecule has 1 amide bonds. The Balaban J connectivity index is 1.60. The molecule has 1 aliphatic heterocycles. The standard InChI is InChI=1S/C22H27ClN4OS/c23-17-5-6-19-16(12-17)4-3-15-2-1-7-25-21(15)20(19)22(28)27-10-8-26(9-11-27)13-18(24)14-29/h1-2,5-7,12,18,20,29H,3-4,8-11,13-14,24H2/t18-,20?/m1/s1. The minimum Gasteiger partial charge on any atom is -0.339 e. The lowest BCUT2D eigenvalue weighted by Crippen LogP contribution is -2.52. The fourth-order valence-corrected chi connectivity index (χ4v) is 4.69. The van der Waals surface area contributed by atoms with Crippen molar-refractivity contribution in [2.45, 2.75) is 24.8 Å². The number of pyridine rings is 1. The Morgan fingerprint density at radius 2 is 1.97 bits per heavy atom. The fourth-order valence-electron chi connectivity index (χ4n) is 4.38. The zero-order valence-electron chi connectivity index (χ0n) is 16.4. The number of carbonyl (C=O) groups is 1. The summed E-state index contributed by atoms with van der Waals surface area (Å²) in [5.41, 5.74) is 10.3. The van der Waals surface area contributed by atoms with Crippen LogP contribution >= 0.6 is 24.2 Å². The molecule has 1 unspecified atom stereocenters. The van der Waals surface area contributed by atoms with Gasteiger partial charge < -0.3 is 10.6 Å². The number of halogens is 1. The van der Waals surface area contributed by atoms with Crippen LogP contribution in [0.15, 0.2) is 36.5 Å². The van der Waals surface area contributed by atoms with Crippen LogP contribution in [0.2, 0.25) is 5.02 Å². The first-order valence-corrected chi connectivity index (χ1v) is 11.2. The van der Waals surface area contributed by atoms with Gasteiger partial charge in [-0.15, -0.1) is 0 Å². The van der Waals surface area contributed by atoms with Gasteiger partial charge in [0.1, 0.15) is 5.92 Å². The molecule has 0 saturated carbocycles. The van der Waals surface area contributed by atoms with E-state index in [2.05, 4.69) is 28.6 Å². The van der Waals surface area contributed by atoms with Crippen LogP contribution in [0.25, 0.3) is 0 Å². The normalized spacial score (nSPS) is 20.5. The summed E-state index contributed by atoms with van der Waals surface area (Å²) < 4.78 is 0. The highest BCUT2D eigenvalue weighted by Gasteiger charge is 2.35. The van der Waals surface area contributed by atoms with E-state index in [-0.39, 0.29) is 17.9 Å². The van der Waals surface area contributed by atoms with Crippen molar-refractivity contribution in [3.63, 3.8) is 0 Å². The van der Waals surface area contributed by atoms with Crippen LogP contribution in [0.3, 0.4) is 0 Å². The minimum absolute atomic E-state index is 0.0649. The van der Waals surface area contributed by atoms with Crippen molar-refractivity contribution in [3.8, 4) is 0 Å². The number of nitrogens with two attached hydrogens (primary N) is 1. The first-order valence-electron chi connectivity index (χ1n) is 10.2. The molecule has 1 aliphatic carbocycles. The van der Waals surface area contributed by atoms with Gasteiger partial charge in [-0.05, 0) is 47.7 Å². The van der Waals surface area contributed by atoms with Crippen LogP contribution < -0.4 is 5.73 Å². The van der Waals surface area contributed by atoms with Crippen molar-refractivity contribution in [1.29, 1.82) is 0 Å². The molecule has 0 spiro atoms. The second kappa shape index (κ2) is 9.04. The van der Waals surface area contributed by atoms with Crippen LogP contribution in [0.1, 0.15) is 28.3 Å². The summed E-state index contributed by atoms with van der Waals surface area (Å²) in [4.78, 5) is 22.6. The molecule has 2 atom stereocenters. The maximum absolute atomic E-state index is 13.7. The van der Waals surface area contributed by atoms with Gasteiger partial charge >= 0.3 is 0 Å². The van der Waals surface area contributed by atoms with E-state index in [4.69, 9.17) is 17.3 Å². The Morgan fingerprint density at radius 1 is 1.21 bits per heavy atom. The van der Waals surface area contributed by atoms with Crippen LogP contribution in [0.4, 0.5) is 0 Å². The number of rotatable bonds is 4. The maximum Gasteiger partial charge on any atom is 0.236 e. The highest BCUT2D eigenvalue weighted by Crippen LogP contribution is 2.35. The Bertz CT molecular complexity index is 885. The molecule has 7 heteroatoms. The molecule has 1 fully saturated rings.